The molecule has 0 amide bonds. The second-order valence-corrected chi connectivity index (χ2v) is 4.94. The molecule has 0 fully saturated rings. The van der Waals surface area contributed by atoms with Gasteiger partial charge in [-0.15, -0.1) is 0 Å². The Hall–Kier alpha value is -1.44. The van der Waals surface area contributed by atoms with Gasteiger partial charge in [0, 0.05) is 12.5 Å². The number of benzene rings is 1. The van der Waals surface area contributed by atoms with Crippen LogP contribution >= 0.6 is 0 Å². The van der Waals surface area contributed by atoms with Crippen LogP contribution < -0.4 is 0 Å². The molecule has 1 aromatic carbocycles. The molecule has 16 heavy (non-hydrogen) atoms. The van der Waals surface area contributed by atoms with Crippen molar-refractivity contribution in [2.24, 2.45) is 10.5 Å². The average Bonchev–Trinajstić information content (AvgIpc) is 2.45. The van der Waals surface area contributed by atoms with Gasteiger partial charge in [-0.2, -0.15) is 0 Å². The van der Waals surface area contributed by atoms with Crippen molar-refractivity contribution in [3.05, 3.63) is 35.9 Å². The summed E-state index contributed by atoms with van der Waals surface area (Å²) >= 11 is 0. The van der Waals surface area contributed by atoms with Gasteiger partial charge in [0.1, 0.15) is 0 Å². The molecule has 0 radical (unpaired) electrons. The van der Waals surface area contributed by atoms with Gasteiger partial charge in [-0.25, -0.2) is 0 Å². The van der Waals surface area contributed by atoms with Crippen molar-refractivity contribution < 1.29 is 4.68 Å². The molecule has 0 aromatic heterocycles. The maximum atomic E-state index is 4.63. The van der Waals surface area contributed by atoms with Gasteiger partial charge >= 0.3 is 0 Å². The quantitative estimate of drug-likeness (QED) is 0.674. The third kappa shape index (κ3) is 1.80. The van der Waals surface area contributed by atoms with E-state index in [0.717, 1.165) is 6.54 Å². The summed E-state index contributed by atoms with van der Waals surface area (Å²) < 4.78 is 2.12. The molecule has 2 heteroatoms. The summed E-state index contributed by atoms with van der Waals surface area (Å²) in [6.07, 6.45) is 0. The highest BCUT2D eigenvalue weighted by Crippen LogP contribution is 2.25. The van der Waals surface area contributed by atoms with Crippen LogP contribution in [0.3, 0.4) is 0 Å². The highest BCUT2D eigenvalue weighted by atomic mass is 15.4. The van der Waals surface area contributed by atoms with Crippen LogP contribution in [-0.4, -0.2) is 16.1 Å². The van der Waals surface area contributed by atoms with Crippen LogP contribution in [0.25, 0.3) is 0 Å². The molecule has 0 saturated heterocycles. The largest absolute Gasteiger partial charge is 0.199 e. The summed E-state index contributed by atoms with van der Waals surface area (Å²) in [6, 6.07) is 10.5. The molecule has 0 aliphatic carbocycles. The first-order valence-electron chi connectivity index (χ1n) is 5.73. The van der Waals surface area contributed by atoms with Gasteiger partial charge in [0.05, 0.1) is 11.1 Å². The molecule has 0 N–H and O–H groups in total. The third-order valence-corrected chi connectivity index (χ3v) is 3.64. The minimum Gasteiger partial charge on any atom is -0.0875 e. The zero-order valence-corrected chi connectivity index (χ0v) is 10.5. The Morgan fingerprint density at radius 2 is 1.75 bits per heavy atom. The molecule has 0 saturated carbocycles. The number of hydrogen-bond donors (Lipinski definition) is 0. The Balaban J connectivity index is 2.28. The van der Waals surface area contributed by atoms with Crippen molar-refractivity contribution >= 4 is 11.4 Å². The molecule has 1 heterocycles. The summed E-state index contributed by atoms with van der Waals surface area (Å²) in [7, 11) is 0. The van der Waals surface area contributed by atoms with E-state index < -0.39 is 0 Å². The van der Waals surface area contributed by atoms with Gasteiger partial charge in [-0.05, 0) is 25.9 Å². The van der Waals surface area contributed by atoms with Crippen molar-refractivity contribution in [3.8, 4) is 0 Å². The van der Waals surface area contributed by atoms with Crippen molar-refractivity contribution in [1.82, 2.24) is 0 Å². The van der Waals surface area contributed by atoms with Crippen LogP contribution in [0.15, 0.2) is 35.4 Å². The third-order valence-electron chi connectivity index (χ3n) is 3.64. The van der Waals surface area contributed by atoms with Crippen molar-refractivity contribution in [1.29, 1.82) is 0 Å². The Kier molecular flexibility index (Phi) is 2.66. The molecule has 0 atom stereocenters. The topological polar surface area (TPSA) is 15.4 Å². The van der Waals surface area contributed by atoms with Crippen LogP contribution in [0.2, 0.25) is 0 Å². The fraction of sp³-hybridized carbons (Fsp3) is 0.429. The number of nitrogens with zero attached hydrogens (tertiary/aromatic N) is 2. The Morgan fingerprint density at radius 1 is 1.12 bits per heavy atom. The van der Waals surface area contributed by atoms with Gasteiger partial charge in [-0.1, -0.05) is 35.0 Å². The van der Waals surface area contributed by atoms with Gasteiger partial charge in [0.2, 0.25) is 0 Å². The maximum Gasteiger partial charge on any atom is 0.199 e. The Bertz CT molecular complexity index is 453. The van der Waals surface area contributed by atoms with Crippen molar-refractivity contribution in [2.75, 3.05) is 0 Å². The predicted octanol–water partition coefficient (Wildman–Crippen LogP) is 3.08. The molecular weight excluding hydrogens is 196 g/mol. The molecule has 1 aromatic rings. The molecule has 2 rings (SSSR count). The van der Waals surface area contributed by atoms with Gasteiger partial charge < -0.3 is 0 Å². The maximum absolute atomic E-state index is 4.63. The summed E-state index contributed by atoms with van der Waals surface area (Å²) in [4.78, 5) is 0. The molecule has 1 aliphatic rings. The zero-order valence-electron chi connectivity index (χ0n) is 10.5. The van der Waals surface area contributed by atoms with E-state index in [0.29, 0.717) is 0 Å². The van der Waals surface area contributed by atoms with Crippen molar-refractivity contribution in [3.63, 3.8) is 0 Å². The van der Waals surface area contributed by atoms with E-state index in [-0.39, 0.29) is 5.41 Å². The van der Waals surface area contributed by atoms with E-state index in [1.54, 1.807) is 0 Å². The summed E-state index contributed by atoms with van der Waals surface area (Å²) in [5.74, 6) is 0. The van der Waals surface area contributed by atoms with Crippen LogP contribution in [0, 0.1) is 5.41 Å². The molecule has 0 bridgehead atoms. The minimum atomic E-state index is 0.106. The molecule has 2 nitrogen and oxygen atoms in total. The van der Waals surface area contributed by atoms with E-state index in [4.69, 9.17) is 0 Å². The van der Waals surface area contributed by atoms with Gasteiger partial charge in [-0.3, -0.25) is 0 Å². The number of hydrogen-bond acceptors (Lipinski definition) is 1. The summed E-state index contributed by atoms with van der Waals surface area (Å²) in [5, 5.41) is 4.63. The van der Waals surface area contributed by atoms with Crippen LogP contribution in [0.5, 0.6) is 0 Å². The lowest BCUT2D eigenvalue weighted by Crippen LogP contribution is -2.28. The lowest BCUT2D eigenvalue weighted by atomic mass is 9.84. The van der Waals surface area contributed by atoms with Crippen LogP contribution in [-0.2, 0) is 6.54 Å². The fourth-order valence-electron chi connectivity index (χ4n) is 1.88. The standard InChI is InChI=1S/C14H19N2/c1-11-14(3,4)12(2)16(15-11)10-13-8-6-5-7-9-13/h5-9H,10H2,1-4H3/q+1. The first-order chi connectivity index (χ1) is 7.51. The Labute approximate surface area is 97.3 Å². The second-order valence-electron chi connectivity index (χ2n) is 4.94. The SMILES string of the molecule is CC1=N[N+](Cc2ccccc2)=C(C)C1(C)C. The van der Waals surface area contributed by atoms with E-state index in [2.05, 4.69) is 61.7 Å². The second kappa shape index (κ2) is 3.85. The molecule has 0 unspecified atom stereocenters. The zero-order chi connectivity index (χ0) is 11.8. The van der Waals surface area contributed by atoms with Crippen LogP contribution in [0.4, 0.5) is 0 Å². The number of rotatable bonds is 2. The van der Waals surface area contributed by atoms with Gasteiger partial charge in [0.25, 0.3) is 0 Å². The summed E-state index contributed by atoms with van der Waals surface area (Å²) in [6.45, 7) is 9.60. The van der Waals surface area contributed by atoms with E-state index >= 15 is 0 Å². The summed E-state index contributed by atoms with van der Waals surface area (Å²) in [5.41, 5.74) is 3.93. The number of hydrazone groups is 1. The van der Waals surface area contributed by atoms with E-state index in [1.807, 2.05) is 6.07 Å². The fourth-order valence-corrected chi connectivity index (χ4v) is 1.88. The van der Waals surface area contributed by atoms with Gasteiger partial charge in [0.15, 0.2) is 12.3 Å². The highest BCUT2D eigenvalue weighted by Gasteiger charge is 2.39. The lowest BCUT2D eigenvalue weighted by molar-refractivity contribution is -0.548. The smallest absolute Gasteiger partial charge is 0.0875 e. The predicted molar refractivity (Wildman–Crippen MR) is 68.0 cm³/mol. The normalized spacial score (nSPS) is 18.9. The lowest BCUT2D eigenvalue weighted by Gasteiger charge is -2.12. The van der Waals surface area contributed by atoms with E-state index in [1.165, 1.54) is 17.0 Å². The van der Waals surface area contributed by atoms with Crippen molar-refractivity contribution in [2.45, 2.75) is 34.2 Å². The monoisotopic (exact) mass is 215 g/mol. The Morgan fingerprint density at radius 3 is 2.25 bits per heavy atom. The first kappa shape index (κ1) is 11.1. The van der Waals surface area contributed by atoms with Crippen LogP contribution in [0.1, 0.15) is 33.3 Å². The highest BCUT2D eigenvalue weighted by molar-refractivity contribution is 6.08. The molecular formula is C14H19N2+. The molecule has 0 spiro atoms. The first-order valence-corrected chi connectivity index (χ1v) is 5.73. The minimum absolute atomic E-state index is 0.106. The average molecular weight is 215 g/mol. The molecule has 84 valence electrons. The molecule has 1 aliphatic heterocycles. The van der Waals surface area contributed by atoms with E-state index in [9.17, 15) is 0 Å².